The predicted octanol–water partition coefficient (Wildman–Crippen LogP) is -0.278. The lowest BCUT2D eigenvalue weighted by atomic mass is 10.1. The molecule has 0 spiro atoms. The van der Waals surface area contributed by atoms with Gasteiger partial charge in [0.1, 0.15) is 0 Å². The first-order valence-corrected chi connectivity index (χ1v) is 6.76. The molecule has 3 atom stereocenters. The van der Waals surface area contributed by atoms with Crippen molar-refractivity contribution in [3.63, 3.8) is 0 Å². The van der Waals surface area contributed by atoms with Gasteiger partial charge < -0.3 is 20.7 Å². The maximum atomic E-state index is 12.1. The van der Waals surface area contributed by atoms with Crippen molar-refractivity contribution in [2.24, 2.45) is 11.7 Å². The lowest BCUT2D eigenvalue weighted by Crippen LogP contribution is -2.56. The summed E-state index contributed by atoms with van der Waals surface area (Å²) in [6.07, 6.45) is 0. The zero-order valence-corrected chi connectivity index (χ0v) is 12.2. The van der Waals surface area contributed by atoms with Gasteiger partial charge >= 0.3 is 0 Å². The Hall–Kier alpha value is -1.14. The van der Waals surface area contributed by atoms with E-state index in [9.17, 15) is 9.59 Å². The van der Waals surface area contributed by atoms with Gasteiger partial charge in [-0.25, -0.2) is 0 Å². The van der Waals surface area contributed by atoms with E-state index in [0.717, 1.165) is 0 Å². The maximum absolute atomic E-state index is 12.1. The monoisotopic (exact) mass is 271 g/mol. The van der Waals surface area contributed by atoms with Crippen molar-refractivity contribution < 1.29 is 14.3 Å². The molecule has 1 fully saturated rings. The number of nitrogens with one attached hydrogen (secondary N) is 1. The number of ether oxygens (including phenoxy) is 1. The van der Waals surface area contributed by atoms with E-state index in [1.54, 1.807) is 4.90 Å². The van der Waals surface area contributed by atoms with Crippen LogP contribution in [0.4, 0.5) is 0 Å². The van der Waals surface area contributed by atoms with Crippen molar-refractivity contribution >= 4 is 11.8 Å². The Morgan fingerprint density at radius 1 is 1.32 bits per heavy atom. The molecule has 0 aliphatic carbocycles. The number of nitrogens with two attached hydrogens (primary N) is 1. The molecule has 3 N–H and O–H groups in total. The zero-order valence-electron chi connectivity index (χ0n) is 12.2. The van der Waals surface area contributed by atoms with Crippen LogP contribution in [0.25, 0.3) is 0 Å². The molecule has 6 nitrogen and oxygen atoms in total. The second kappa shape index (κ2) is 6.86. The molecule has 0 aromatic heterocycles. The summed E-state index contributed by atoms with van der Waals surface area (Å²) in [5.74, 6) is -0.319. The number of nitrogens with zero attached hydrogens (tertiary/aromatic N) is 1. The molecule has 1 heterocycles. The standard InChI is InChI=1S/C13H25N3O3/c1-8(2)12(14)13(18)15-5-11(17)16-9(3)6-19-7-10(16)4/h8-10,12H,5-7,14H2,1-4H3,(H,15,18)/t9?,10?,12-/m0/s1. The number of rotatable bonds is 4. The Morgan fingerprint density at radius 3 is 2.32 bits per heavy atom. The number of morpholine rings is 1. The summed E-state index contributed by atoms with van der Waals surface area (Å²) in [6, 6.07) is -0.508. The minimum absolute atomic E-state index is 0.00602. The zero-order chi connectivity index (χ0) is 14.6. The van der Waals surface area contributed by atoms with Gasteiger partial charge in [-0.15, -0.1) is 0 Å². The highest BCUT2D eigenvalue weighted by Gasteiger charge is 2.29. The van der Waals surface area contributed by atoms with E-state index in [1.807, 2.05) is 27.7 Å². The maximum Gasteiger partial charge on any atom is 0.242 e. The molecular weight excluding hydrogens is 246 g/mol. The lowest BCUT2D eigenvalue weighted by Gasteiger charge is -2.38. The smallest absolute Gasteiger partial charge is 0.242 e. The highest BCUT2D eigenvalue weighted by atomic mass is 16.5. The van der Waals surface area contributed by atoms with E-state index in [-0.39, 0.29) is 36.4 Å². The van der Waals surface area contributed by atoms with Crippen molar-refractivity contribution in [1.82, 2.24) is 10.2 Å². The van der Waals surface area contributed by atoms with Crippen molar-refractivity contribution in [2.75, 3.05) is 19.8 Å². The van der Waals surface area contributed by atoms with Crippen LogP contribution in [0.3, 0.4) is 0 Å². The van der Waals surface area contributed by atoms with Crippen LogP contribution in [-0.4, -0.2) is 54.6 Å². The molecule has 0 aromatic rings. The number of hydrogen-bond acceptors (Lipinski definition) is 4. The van der Waals surface area contributed by atoms with Crippen LogP contribution in [-0.2, 0) is 14.3 Å². The molecule has 1 saturated heterocycles. The van der Waals surface area contributed by atoms with Crippen molar-refractivity contribution in [1.29, 1.82) is 0 Å². The van der Waals surface area contributed by atoms with Crippen LogP contribution in [0.15, 0.2) is 0 Å². The normalized spacial score (nSPS) is 25.3. The number of carbonyl (C=O) groups excluding carboxylic acids is 2. The molecule has 1 rings (SSSR count). The van der Waals surface area contributed by atoms with E-state index in [2.05, 4.69) is 5.32 Å². The Labute approximate surface area is 114 Å². The lowest BCUT2D eigenvalue weighted by molar-refractivity contribution is -0.144. The van der Waals surface area contributed by atoms with Crippen molar-refractivity contribution in [3.05, 3.63) is 0 Å². The number of carbonyl (C=O) groups is 2. The van der Waals surface area contributed by atoms with Crippen molar-refractivity contribution in [2.45, 2.75) is 45.8 Å². The first-order valence-electron chi connectivity index (χ1n) is 6.76. The average Bonchev–Trinajstić information content (AvgIpc) is 2.34. The molecule has 19 heavy (non-hydrogen) atoms. The van der Waals surface area contributed by atoms with Gasteiger partial charge in [0.15, 0.2) is 0 Å². The summed E-state index contributed by atoms with van der Waals surface area (Å²) < 4.78 is 5.37. The molecule has 6 heteroatoms. The van der Waals surface area contributed by atoms with E-state index < -0.39 is 6.04 Å². The summed E-state index contributed by atoms with van der Waals surface area (Å²) in [6.45, 7) is 8.69. The van der Waals surface area contributed by atoms with Gasteiger partial charge in [-0.05, 0) is 19.8 Å². The first kappa shape index (κ1) is 15.9. The Balaban J connectivity index is 2.48. The van der Waals surface area contributed by atoms with Gasteiger partial charge in [-0.2, -0.15) is 0 Å². The molecular formula is C13H25N3O3. The summed E-state index contributed by atoms with van der Waals surface area (Å²) in [5, 5.41) is 2.61. The second-order valence-corrected chi connectivity index (χ2v) is 5.52. The Bertz CT molecular complexity index is 323. The van der Waals surface area contributed by atoms with E-state index in [4.69, 9.17) is 10.5 Å². The molecule has 1 aliphatic rings. The molecule has 2 unspecified atom stereocenters. The van der Waals surface area contributed by atoms with E-state index in [1.165, 1.54) is 0 Å². The second-order valence-electron chi connectivity index (χ2n) is 5.52. The van der Waals surface area contributed by atoms with Crippen LogP contribution in [0.5, 0.6) is 0 Å². The summed E-state index contributed by atoms with van der Waals surface area (Å²) >= 11 is 0. The minimum atomic E-state index is -0.577. The molecule has 0 radical (unpaired) electrons. The fraction of sp³-hybridized carbons (Fsp3) is 0.846. The van der Waals surface area contributed by atoms with E-state index in [0.29, 0.717) is 13.2 Å². The number of amides is 2. The molecule has 1 aliphatic heterocycles. The van der Waals surface area contributed by atoms with E-state index >= 15 is 0 Å². The highest BCUT2D eigenvalue weighted by Crippen LogP contribution is 2.12. The van der Waals surface area contributed by atoms with Gasteiger partial charge in [0.05, 0.1) is 37.9 Å². The van der Waals surface area contributed by atoms with Gasteiger partial charge in [0.25, 0.3) is 0 Å². The molecule has 2 amide bonds. The van der Waals surface area contributed by atoms with Gasteiger partial charge in [0, 0.05) is 0 Å². The van der Waals surface area contributed by atoms with Crippen LogP contribution < -0.4 is 11.1 Å². The largest absolute Gasteiger partial charge is 0.377 e. The third kappa shape index (κ3) is 4.18. The van der Waals surface area contributed by atoms with Crippen molar-refractivity contribution in [3.8, 4) is 0 Å². The third-order valence-electron chi connectivity index (χ3n) is 3.39. The summed E-state index contributed by atoms with van der Waals surface area (Å²) in [5.41, 5.74) is 5.72. The van der Waals surface area contributed by atoms with Crippen LogP contribution >= 0.6 is 0 Å². The topological polar surface area (TPSA) is 84.7 Å². The Morgan fingerprint density at radius 2 is 1.84 bits per heavy atom. The van der Waals surface area contributed by atoms with Gasteiger partial charge in [-0.1, -0.05) is 13.8 Å². The fourth-order valence-corrected chi connectivity index (χ4v) is 2.17. The minimum Gasteiger partial charge on any atom is -0.377 e. The predicted molar refractivity (Wildman–Crippen MR) is 72.4 cm³/mol. The first-order chi connectivity index (χ1) is 8.84. The molecule has 110 valence electrons. The van der Waals surface area contributed by atoms with Crippen LogP contribution in [0.1, 0.15) is 27.7 Å². The van der Waals surface area contributed by atoms with Gasteiger partial charge in [-0.3, -0.25) is 9.59 Å². The van der Waals surface area contributed by atoms with Crippen LogP contribution in [0, 0.1) is 5.92 Å². The number of hydrogen-bond donors (Lipinski definition) is 2. The highest BCUT2D eigenvalue weighted by molar-refractivity contribution is 5.87. The SMILES string of the molecule is CC(C)[C@H](N)C(=O)NCC(=O)N1C(C)COCC1C. The molecule has 0 aromatic carbocycles. The molecule has 0 bridgehead atoms. The van der Waals surface area contributed by atoms with Crippen LogP contribution in [0.2, 0.25) is 0 Å². The quantitative estimate of drug-likeness (QED) is 0.736. The average molecular weight is 271 g/mol. The summed E-state index contributed by atoms with van der Waals surface area (Å²) in [7, 11) is 0. The third-order valence-corrected chi connectivity index (χ3v) is 3.39. The fourth-order valence-electron chi connectivity index (χ4n) is 2.17. The van der Waals surface area contributed by atoms with Gasteiger partial charge in [0.2, 0.25) is 11.8 Å². The Kier molecular flexibility index (Phi) is 5.75. The molecule has 0 saturated carbocycles. The summed E-state index contributed by atoms with van der Waals surface area (Å²) in [4.78, 5) is 25.6.